The Morgan fingerprint density at radius 3 is 2.47 bits per heavy atom. The number of hydrogen-bond donors (Lipinski definition) is 1. The Bertz CT molecular complexity index is 1470. The van der Waals surface area contributed by atoms with Gasteiger partial charge < -0.3 is 14.4 Å². The summed E-state index contributed by atoms with van der Waals surface area (Å²) < 4.78 is 33.8. The van der Waals surface area contributed by atoms with Crippen LogP contribution in [0.2, 0.25) is 5.02 Å². The number of rotatable bonds is 7. The number of halogens is 3. The first-order valence-electron chi connectivity index (χ1n) is 11.7. The van der Waals surface area contributed by atoms with Crippen LogP contribution in [0.15, 0.2) is 53.5 Å². The summed E-state index contributed by atoms with van der Waals surface area (Å²) in [6.07, 6.45) is 1.36. The second kappa shape index (κ2) is 10.5. The molecule has 0 fully saturated rings. The van der Waals surface area contributed by atoms with Crippen molar-refractivity contribution < 1.29 is 28.2 Å². The molecule has 4 rings (SSSR count). The highest BCUT2D eigenvalue weighted by Crippen LogP contribution is 2.38. The Morgan fingerprint density at radius 1 is 1.08 bits per heavy atom. The molecule has 2 amide bonds. The first-order chi connectivity index (χ1) is 17.8. The molecule has 0 unspecified atom stereocenters. The number of benzene rings is 2. The van der Waals surface area contributed by atoms with Crippen molar-refractivity contribution in [3.63, 3.8) is 0 Å². The van der Waals surface area contributed by atoms with Crippen LogP contribution in [0.4, 0.5) is 20.2 Å². The fourth-order valence-corrected chi connectivity index (χ4v) is 4.34. The van der Waals surface area contributed by atoms with Gasteiger partial charge in [-0.25, -0.2) is 8.78 Å². The fourth-order valence-electron chi connectivity index (χ4n) is 4.11. The van der Waals surface area contributed by atoms with Gasteiger partial charge in [-0.2, -0.15) is 0 Å². The highest BCUT2D eigenvalue weighted by molar-refractivity contribution is 6.31. The van der Waals surface area contributed by atoms with E-state index in [0.29, 0.717) is 16.9 Å². The van der Waals surface area contributed by atoms with Gasteiger partial charge in [-0.3, -0.25) is 24.2 Å². The molecule has 2 aromatic carbocycles. The van der Waals surface area contributed by atoms with Gasteiger partial charge in [-0.1, -0.05) is 17.7 Å². The van der Waals surface area contributed by atoms with Gasteiger partial charge in [0.25, 0.3) is 5.56 Å². The zero-order valence-corrected chi connectivity index (χ0v) is 21.8. The van der Waals surface area contributed by atoms with E-state index in [1.54, 1.807) is 18.2 Å². The standard InChI is InChI=1S/C27H26ClF2N3O5/c1-16(34)32-15-33(24(35)12-27(2,3)37)21-7-4-17(10-22(21)32)13-31-9-8-23(25(28)26(31)36)38-14-18-5-6-19(29)11-20(18)30/h4-11,37H,12-15H2,1-3H3. The van der Waals surface area contributed by atoms with E-state index in [4.69, 9.17) is 16.3 Å². The van der Waals surface area contributed by atoms with E-state index in [2.05, 4.69) is 0 Å². The van der Waals surface area contributed by atoms with Gasteiger partial charge in [-0.05, 0) is 49.7 Å². The molecule has 0 saturated carbocycles. The second-order valence-corrected chi connectivity index (χ2v) is 10.1. The van der Waals surface area contributed by atoms with Crippen LogP contribution < -0.4 is 20.1 Å². The van der Waals surface area contributed by atoms with Gasteiger partial charge in [0.05, 0.1) is 29.9 Å². The molecule has 1 aliphatic heterocycles. The summed E-state index contributed by atoms with van der Waals surface area (Å²) in [5.74, 6) is -2.02. The third-order valence-corrected chi connectivity index (χ3v) is 6.34. The molecule has 0 aliphatic carbocycles. The summed E-state index contributed by atoms with van der Waals surface area (Å²) in [6, 6.07) is 9.70. The summed E-state index contributed by atoms with van der Waals surface area (Å²) in [4.78, 5) is 40.8. The van der Waals surface area contributed by atoms with Gasteiger partial charge in [0.1, 0.15) is 35.7 Å². The Hall–Kier alpha value is -3.76. The van der Waals surface area contributed by atoms with Gasteiger partial charge in [0.15, 0.2) is 0 Å². The zero-order valence-electron chi connectivity index (χ0n) is 21.0. The molecule has 0 spiro atoms. The number of aromatic nitrogens is 1. The smallest absolute Gasteiger partial charge is 0.273 e. The van der Waals surface area contributed by atoms with Crippen molar-refractivity contribution in [2.75, 3.05) is 16.5 Å². The number of aliphatic hydroxyl groups is 1. The van der Waals surface area contributed by atoms with Gasteiger partial charge in [0.2, 0.25) is 11.8 Å². The normalized spacial score (nSPS) is 13.0. The van der Waals surface area contributed by atoms with Crippen LogP contribution in [-0.4, -0.2) is 33.8 Å². The minimum atomic E-state index is -1.20. The zero-order chi connectivity index (χ0) is 27.8. The number of amides is 2. The van der Waals surface area contributed by atoms with Crippen LogP contribution in [0.25, 0.3) is 0 Å². The Labute approximate surface area is 222 Å². The Morgan fingerprint density at radius 2 is 1.82 bits per heavy atom. The average Bonchev–Trinajstić information content (AvgIpc) is 3.21. The SMILES string of the molecule is CC(=O)N1CN(C(=O)CC(C)(C)O)c2ccc(Cn3ccc(OCc4ccc(F)cc4F)c(Cl)c3=O)cc21. The molecular weight excluding hydrogens is 520 g/mol. The molecule has 3 aromatic rings. The quantitative estimate of drug-likeness (QED) is 0.480. The molecule has 0 atom stereocenters. The highest BCUT2D eigenvalue weighted by Gasteiger charge is 2.34. The lowest BCUT2D eigenvalue weighted by Gasteiger charge is -2.22. The number of pyridine rings is 1. The summed E-state index contributed by atoms with van der Waals surface area (Å²) >= 11 is 6.23. The maximum atomic E-state index is 13.9. The van der Waals surface area contributed by atoms with Crippen molar-refractivity contribution in [3.05, 3.63) is 86.8 Å². The molecule has 11 heteroatoms. The van der Waals surface area contributed by atoms with Crippen LogP contribution in [0.5, 0.6) is 5.75 Å². The molecule has 1 N–H and O–H groups in total. The Balaban J connectivity index is 1.55. The second-order valence-electron chi connectivity index (χ2n) is 9.67. The highest BCUT2D eigenvalue weighted by atomic mass is 35.5. The predicted octanol–water partition coefficient (Wildman–Crippen LogP) is 4.23. The lowest BCUT2D eigenvalue weighted by Crippen LogP contribution is -2.40. The van der Waals surface area contributed by atoms with Crippen molar-refractivity contribution in [1.82, 2.24) is 4.57 Å². The van der Waals surface area contributed by atoms with Gasteiger partial charge in [0, 0.05) is 24.8 Å². The van der Waals surface area contributed by atoms with Crippen molar-refractivity contribution in [1.29, 1.82) is 0 Å². The molecule has 200 valence electrons. The maximum absolute atomic E-state index is 13.9. The van der Waals surface area contributed by atoms with E-state index in [1.165, 1.54) is 53.5 Å². The lowest BCUT2D eigenvalue weighted by molar-refractivity contribution is -0.122. The van der Waals surface area contributed by atoms with Crippen LogP contribution in [0.1, 0.15) is 38.3 Å². The van der Waals surface area contributed by atoms with E-state index in [-0.39, 0.29) is 54.4 Å². The predicted molar refractivity (Wildman–Crippen MR) is 138 cm³/mol. The van der Waals surface area contributed by atoms with E-state index in [1.807, 2.05) is 0 Å². The third-order valence-electron chi connectivity index (χ3n) is 5.99. The van der Waals surface area contributed by atoms with Crippen molar-refractivity contribution >= 4 is 34.8 Å². The first-order valence-corrected chi connectivity index (χ1v) is 12.1. The van der Waals surface area contributed by atoms with Crippen LogP contribution in [0, 0.1) is 11.6 Å². The van der Waals surface area contributed by atoms with E-state index >= 15 is 0 Å². The van der Waals surface area contributed by atoms with Crippen LogP contribution >= 0.6 is 11.6 Å². The van der Waals surface area contributed by atoms with Crippen molar-refractivity contribution in [2.45, 2.75) is 45.9 Å². The third kappa shape index (κ3) is 5.87. The van der Waals surface area contributed by atoms with Crippen molar-refractivity contribution in [2.24, 2.45) is 0 Å². The monoisotopic (exact) mass is 545 g/mol. The molecule has 1 aromatic heterocycles. The summed E-state index contributed by atoms with van der Waals surface area (Å²) in [7, 11) is 0. The number of ether oxygens (including phenoxy) is 1. The summed E-state index contributed by atoms with van der Waals surface area (Å²) in [6.45, 7) is 4.35. The number of carbonyl (C=O) groups is 2. The van der Waals surface area contributed by atoms with E-state index in [9.17, 15) is 28.3 Å². The van der Waals surface area contributed by atoms with Gasteiger partial charge >= 0.3 is 0 Å². The number of fused-ring (bicyclic) bond motifs is 1. The molecule has 38 heavy (non-hydrogen) atoms. The van der Waals surface area contributed by atoms with Crippen LogP contribution in [-0.2, 0) is 22.7 Å². The molecule has 0 radical (unpaired) electrons. The lowest BCUT2D eigenvalue weighted by atomic mass is 10.0. The molecule has 0 saturated heterocycles. The molecular formula is C27H26ClF2N3O5. The minimum Gasteiger partial charge on any atom is -0.487 e. The maximum Gasteiger partial charge on any atom is 0.273 e. The average molecular weight is 546 g/mol. The van der Waals surface area contributed by atoms with E-state index in [0.717, 1.165) is 12.1 Å². The van der Waals surface area contributed by atoms with Crippen LogP contribution in [0.3, 0.4) is 0 Å². The molecule has 8 nitrogen and oxygen atoms in total. The number of nitrogens with zero attached hydrogens (tertiary/aromatic N) is 3. The Kier molecular flexibility index (Phi) is 7.57. The minimum absolute atomic E-state index is 0.0233. The van der Waals surface area contributed by atoms with Crippen molar-refractivity contribution in [3.8, 4) is 5.75 Å². The first kappa shape index (κ1) is 27.3. The molecule has 2 heterocycles. The number of anilines is 2. The van der Waals surface area contributed by atoms with Gasteiger partial charge in [-0.15, -0.1) is 0 Å². The largest absolute Gasteiger partial charge is 0.487 e. The number of hydrogen-bond acceptors (Lipinski definition) is 5. The summed E-state index contributed by atoms with van der Waals surface area (Å²) in [5.41, 5.74) is 0.0704. The fraction of sp³-hybridized carbons (Fsp3) is 0.296. The summed E-state index contributed by atoms with van der Waals surface area (Å²) in [5, 5.41) is 9.85. The molecule has 1 aliphatic rings. The van der Waals surface area contributed by atoms with E-state index < -0.39 is 22.8 Å². The molecule has 0 bridgehead atoms. The number of carbonyl (C=O) groups excluding carboxylic acids is 2. The topological polar surface area (TPSA) is 92.1 Å².